The fourth-order valence-corrected chi connectivity index (χ4v) is 5.13. The highest BCUT2D eigenvalue weighted by molar-refractivity contribution is 5.85. The molecule has 0 N–H and O–H groups in total. The van der Waals surface area contributed by atoms with E-state index in [1.54, 1.807) is 9.25 Å². The van der Waals surface area contributed by atoms with Gasteiger partial charge in [0.25, 0.3) is 0 Å². The predicted octanol–water partition coefficient (Wildman–Crippen LogP) is 6.17. The molecule has 6 heteroatoms. The molecule has 1 fully saturated rings. The first kappa shape index (κ1) is 27.8. The fraction of sp³-hybridized carbons (Fsp3) is 0.412. The molecule has 0 amide bonds. The average Bonchev–Trinajstić information content (AvgIpc) is 3.75. The topological polar surface area (TPSA) is 69.8 Å². The van der Waals surface area contributed by atoms with Gasteiger partial charge in [-0.1, -0.05) is 75.4 Å². The van der Waals surface area contributed by atoms with Crippen molar-refractivity contribution in [3.63, 3.8) is 0 Å². The van der Waals surface area contributed by atoms with Crippen molar-refractivity contribution >= 4 is 5.78 Å². The quantitative estimate of drug-likeness (QED) is 0.230. The van der Waals surface area contributed by atoms with E-state index in [9.17, 15) is 9.59 Å². The van der Waals surface area contributed by atoms with Gasteiger partial charge in [0.1, 0.15) is 11.6 Å². The molecule has 208 valence electrons. The van der Waals surface area contributed by atoms with Crippen LogP contribution in [0.1, 0.15) is 75.2 Å². The van der Waals surface area contributed by atoms with Crippen molar-refractivity contribution in [3.05, 3.63) is 105 Å². The SMILES string of the molecule is CCn1c(CCCc2ccc(-c3cccc(CC(=O)C4CC4)n3)cc2)nn(Cc2ccc(C(C)(C)C)cc2)c1=O. The Morgan fingerprint density at radius 2 is 1.62 bits per heavy atom. The zero-order chi connectivity index (χ0) is 28.3. The highest BCUT2D eigenvalue weighted by Crippen LogP contribution is 2.31. The van der Waals surface area contributed by atoms with Gasteiger partial charge in [0, 0.05) is 36.6 Å². The van der Waals surface area contributed by atoms with Crippen molar-refractivity contribution in [1.29, 1.82) is 0 Å². The molecule has 0 spiro atoms. The van der Waals surface area contributed by atoms with Gasteiger partial charge >= 0.3 is 5.69 Å². The number of Topliss-reactive ketones (excluding diaryl/α,β-unsaturated/α-hetero) is 1. The van der Waals surface area contributed by atoms with Crippen molar-refractivity contribution in [2.75, 3.05) is 0 Å². The maximum absolute atomic E-state index is 13.0. The minimum absolute atomic E-state index is 0.0460. The first-order chi connectivity index (χ1) is 19.2. The number of rotatable bonds is 11. The molecule has 0 saturated heterocycles. The molecule has 5 rings (SSSR count). The highest BCUT2D eigenvalue weighted by atomic mass is 16.2. The van der Waals surface area contributed by atoms with Crippen LogP contribution in [0.4, 0.5) is 0 Å². The Bertz CT molecular complexity index is 1520. The van der Waals surface area contributed by atoms with Gasteiger partial charge in [-0.25, -0.2) is 9.48 Å². The number of aryl methyl sites for hydroxylation is 2. The van der Waals surface area contributed by atoms with Crippen LogP contribution in [-0.4, -0.2) is 25.1 Å². The molecule has 6 nitrogen and oxygen atoms in total. The summed E-state index contributed by atoms with van der Waals surface area (Å²) in [5.41, 5.74) is 6.46. The first-order valence-corrected chi connectivity index (χ1v) is 14.5. The monoisotopic (exact) mass is 536 g/mol. The zero-order valence-corrected chi connectivity index (χ0v) is 24.2. The summed E-state index contributed by atoms with van der Waals surface area (Å²) in [6.07, 6.45) is 5.06. The van der Waals surface area contributed by atoms with E-state index in [4.69, 9.17) is 10.1 Å². The van der Waals surface area contributed by atoms with Crippen molar-refractivity contribution < 1.29 is 4.79 Å². The minimum Gasteiger partial charge on any atom is -0.299 e. The van der Waals surface area contributed by atoms with E-state index >= 15 is 0 Å². The molecule has 2 heterocycles. The van der Waals surface area contributed by atoms with Gasteiger partial charge in [-0.05, 0) is 66.8 Å². The Morgan fingerprint density at radius 1 is 0.925 bits per heavy atom. The van der Waals surface area contributed by atoms with Crippen molar-refractivity contribution in [2.45, 2.75) is 84.7 Å². The van der Waals surface area contributed by atoms with E-state index in [2.05, 4.69) is 69.3 Å². The van der Waals surface area contributed by atoms with Crippen LogP contribution in [0.15, 0.2) is 71.5 Å². The summed E-state index contributed by atoms with van der Waals surface area (Å²) in [5, 5.41) is 4.71. The lowest BCUT2D eigenvalue weighted by Gasteiger charge is -2.19. The zero-order valence-electron chi connectivity index (χ0n) is 24.2. The van der Waals surface area contributed by atoms with E-state index in [-0.39, 0.29) is 17.0 Å². The largest absolute Gasteiger partial charge is 0.346 e. The summed E-state index contributed by atoms with van der Waals surface area (Å²) in [6.45, 7) is 9.70. The molecular formula is C34H40N4O2. The molecular weight excluding hydrogens is 496 g/mol. The molecule has 0 atom stereocenters. The Kier molecular flexibility index (Phi) is 8.15. The lowest BCUT2D eigenvalue weighted by atomic mass is 9.87. The number of benzene rings is 2. The van der Waals surface area contributed by atoms with Crippen LogP contribution in [0, 0.1) is 5.92 Å². The number of hydrogen-bond acceptors (Lipinski definition) is 4. The van der Waals surface area contributed by atoms with Gasteiger partial charge in [0.2, 0.25) is 0 Å². The number of hydrogen-bond donors (Lipinski definition) is 0. The van der Waals surface area contributed by atoms with E-state index in [1.165, 1.54) is 11.1 Å². The number of carbonyl (C=O) groups excluding carboxylic acids is 1. The Morgan fingerprint density at radius 3 is 2.27 bits per heavy atom. The fourth-order valence-electron chi connectivity index (χ4n) is 5.13. The van der Waals surface area contributed by atoms with E-state index in [0.717, 1.165) is 60.4 Å². The summed E-state index contributed by atoms with van der Waals surface area (Å²) in [7, 11) is 0. The maximum atomic E-state index is 13.0. The second kappa shape index (κ2) is 11.7. The Hall–Kier alpha value is -3.80. The van der Waals surface area contributed by atoms with Crippen molar-refractivity contribution in [1.82, 2.24) is 19.3 Å². The molecule has 1 aliphatic carbocycles. The standard InChI is InChI=1S/C34H40N4O2/c1-5-37-32(36-38(33(37)40)23-25-14-20-28(21-15-25)34(2,3)4)11-6-8-24-12-16-26(17-13-24)30-10-7-9-29(35-30)22-31(39)27-18-19-27/h7,9-10,12-17,20-21,27H,5-6,8,11,18-19,22-23H2,1-4H3. The molecule has 0 aliphatic heterocycles. The predicted molar refractivity (Wildman–Crippen MR) is 160 cm³/mol. The molecule has 1 aliphatic rings. The molecule has 0 radical (unpaired) electrons. The third-order valence-corrected chi connectivity index (χ3v) is 7.78. The van der Waals surface area contributed by atoms with Gasteiger partial charge in [0.05, 0.1) is 12.2 Å². The van der Waals surface area contributed by atoms with Crippen molar-refractivity contribution in [2.24, 2.45) is 5.92 Å². The number of ketones is 1. The van der Waals surface area contributed by atoms with Crippen LogP contribution in [0.25, 0.3) is 11.3 Å². The van der Waals surface area contributed by atoms with Crippen LogP contribution in [0.2, 0.25) is 0 Å². The Labute approximate surface area is 237 Å². The highest BCUT2D eigenvalue weighted by Gasteiger charge is 2.29. The normalized spacial score (nSPS) is 13.5. The third kappa shape index (κ3) is 6.67. The van der Waals surface area contributed by atoms with Gasteiger partial charge in [0.15, 0.2) is 0 Å². The second-order valence-corrected chi connectivity index (χ2v) is 12.0. The lowest BCUT2D eigenvalue weighted by Crippen LogP contribution is -2.25. The van der Waals surface area contributed by atoms with E-state index < -0.39 is 0 Å². The van der Waals surface area contributed by atoms with Crippen LogP contribution in [0.5, 0.6) is 0 Å². The number of pyridine rings is 1. The van der Waals surface area contributed by atoms with Crippen molar-refractivity contribution in [3.8, 4) is 11.3 Å². The van der Waals surface area contributed by atoms with Crippen LogP contribution >= 0.6 is 0 Å². The Balaban J connectivity index is 1.19. The van der Waals surface area contributed by atoms with E-state index in [0.29, 0.717) is 25.3 Å². The average molecular weight is 537 g/mol. The van der Waals surface area contributed by atoms with Gasteiger partial charge in [-0.15, -0.1) is 0 Å². The molecule has 0 unspecified atom stereocenters. The molecule has 1 saturated carbocycles. The molecule has 0 bridgehead atoms. The summed E-state index contributed by atoms with van der Waals surface area (Å²) in [4.78, 5) is 29.9. The van der Waals surface area contributed by atoms with Crippen LogP contribution in [-0.2, 0) is 42.6 Å². The lowest BCUT2D eigenvalue weighted by molar-refractivity contribution is -0.119. The number of nitrogens with zero attached hydrogens (tertiary/aromatic N) is 4. The molecule has 40 heavy (non-hydrogen) atoms. The summed E-state index contributed by atoms with van der Waals surface area (Å²) < 4.78 is 3.39. The van der Waals surface area contributed by atoms with Crippen LogP contribution in [0.3, 0.4) is 0 Å². The summed E-state index contributed by atoms with van der Waals surface area (Å²) in [5.74, 6) is 1.42. The van der Waals surface area contributed by atoms with Crippen LogP contribution < -0.4 is 5.69 Å². The molecule has 4 aromatic rings. The molecule has 2 aromatic heterocycles. The first-order valence-electron chi connectivity index (χ1n) is 14.5. The summed E-state index contributed by atoms with van der Waals surface area (Å²) >= 11 is 0. The summed E-state index contributed by atoms with van der Waals surface area (Å²) in [6, 6.07) is 22.9. The van der Waals surface area contributed by atoms with Gasteiger partial charge < -0.3 is 0 Å². The van der Waals surface area contributed by atoms with Gasteiger partial charge in [-0.2, -0.15) is 5.10 Å². The molecule has 2 aromatic carbocycles. The number of aromatic nitrogens is 4. The van der Waals surface area contributed by atoms with Gasteiger partial charge in [-0.3, -0.25) is 14.3 Å². The third-order valence-electron chi connectivity index (χ3n) is 7.78. The smallest absolute Gasteiger partial charge is 0.299 e. The number of carbonyl (C=O) groups is 1. The van der Waals surface area contributed by atoms with E-state index in [1.807, 2.05) is 25.1 Å². The maximum Gasteiger partial charge on any atom is 0.346 e. The minimum atomic E-state index is -0.0460. The second-order valence-electron chi connectivity index (χ2n) is 12.0.